The normalized spacial score (nSPS) is 13.4. The molecule has 10 aromatic rings. The number of ether oxygens (including phenoxy) is 2. The summed E-state index contributed by atoms with van der Waals surface area (Å²) < 4.78 is 41.7. The van der Waals surface area contributed by atoms with Crippen molar-refractivity contribution in [1.29, 1.82) is 0 Å². The molecule has 0 aliphatic carbocycles. The standard InChI is InChI=1S/C72H62F2O2.2W/c1-47-4-28-68-62(29-47)25-26-65(38-56-19-9-50(10-20-56)32-58-22-24-64(71(74)42-58)37-55-17-13-53(14-18-55)35-61-45-76-46-61)72(68)69-40-59(39-66-30-48(2)3-27-67(66)69)33-51-7-5-49(6-8-51)31-57-21-23-63(70(73)41-57)36-54-15-11-52(12-16-54)34-60-43-75-44-60;;/h3-30,39-42H,31-38,43-46H2,1-2H3;;/q-2;;. The SMILES string of the molecule is Cc1ccc2c(-c3c(Cc4ccc(Cc5ccc(Cc6ccc(C[C-]7COC7)cc6)c(F)c5)cc4)ccc4cc(C)ccc34)cc(Cc3ccc(Cc4ccc(Cc5ccc(C[C-]6COC6)cc5)c(F)c4)cc3)cc2c1.[W].[W]. The van der Waals surface area contributed by atoms with Gasteiger partial charge in [-0.15, -0.1) is 12.8 Å². The number of aryl methyl sites for hydroxylation is 2. The number of benzene rings is 10. The molecule has 0 bridgehead atoms. The minimum absolute atomic E-state index is 0. The molecule has 2 aliphatic heterocycles. The van der Waals surface area contributed by atoms with Gasteiger partial charge in [0.1, 0.15) is 11.6 Å². The van der Waals surface area contributed by atoms with Crippen LogP contribution in [0.1, 0.15) is 89.0 Å². The van der Waals surface area contributed by atoms with Crippen molar-refractivity contribution in [3.05, 3.63) is 307 Å². The molecule has 2 fully saturated rings. The van der Waals surface area contributed by atoms with Crippen LogP contribution in [0.4, 0.5) is 8.78 Å². The van der Waals surface area contributed by atoms with Gasteiger partial charge in [-0.05, 0) is 151 Å². The van der Waals surface area contributed by atoms with Gasteiger partial charge >= 0.3 is 0 Å². The molecule has 6 heteroatoms. The number of fused-ring (bicyclic) bond motifs is 2. The van der Waals surface area contributed by atoms with Crippen LogP contribution in [0.5, 0.6) is 0 Å². The number of halogens is 2. The molecule has 12 rings (SSSR count). The summed E-state index contributed by atoms with van der Waals surface area (Å²) in [7, 11) is 0. The first kappa shape index (κ1) is 55.2. The Morgan fingerprint density at radius 3 is 1.14 bits per heavy atom. The first-order chi connectivity index (χ1) is 37.2. The van der Waals surface area contributed by atoms with Crippen molar-refractivity contribution < 1.29 is 60.4 Å². The van der Waals surface area contributed by atoms with E-state index in [-0.39, 0.29) is 53.8 Å². The zero-order valence-corrected chi connectivity index (χ0v) is 50.2. The Bertz CT molecular complexity index is 3690. The van der Waals surface area contributed by atoms with Crippen molar-refractivity contribution in [1.82, 2.24) is 0 Å². The summed E-state index contributed by atoms with van der Waals surface area (Å²) in [5.41, 5.74) is 20.5. The minimum Gasteiger partial charge on any atom is -0.444 e. The predicted octanol–water partition coefficient (Wildman–Crippen LogP) is 16.4. The van der Waals surface area contributed by atoms with Gasteiger partial charge in [0, 0.05) is 55.0 Å². The maximum Gasteiger partial charge on any atom is 0.127 e. The molecule has 390 valence electrons. The molecule has 0 radical (unpaired) electrons. The van der Waals surface area contributed by atoms with Crippen LogP contribution < -0.4 is 0 Å². The first-order valence-electron chi connectivity index (χ1n) is 26.9. The number of rotatable bonds is 17. The van der Waals surface area contributed by atoms with Crippen LogP contribution in [0, 0.1) is 37.3 Å². The first-order valence-corrected chi connectivity index (χ1v) is 26.9. The fraction of sp³-hybridized carbons (Fsp3) is 0.194. The molecule has 0 amide bonds. The molecule has 0 spiro atoms. The maximum absolute atomic E-state index is 15.6. The van der Waals surface area contributed by atoms with Gasteiger partial charge in [-0.2, -0.15) is 0 Å². The molecule has 0 saturated carbocycles. The van der Waals surface area contributed by atoms with Crippen LogP contribution in [-0.4, -0.2) is 26.4 Å². The summed E-state index contributed by atoms with van der Waals surface area (Å²) in [5.74, 6) is 2.55. The third-order valence-electron chi connectivity index (χ3n) is 15.6. The predicted molar refractivity (Wildman–Crippen MR) is 307 cm³/mol. The van der Waals surface area contributed by atoms with Crippen molar-refractivity contribution in [2.45, 2.75) is 65.2 Å². The van der Waals surface area contributed by atoms with Crippen molar-refractivity contribution in [2.24, 2.45) is 0 Å². The van der Waals surface area contributed by atoms with Crippen LogP contribution in [0.3, 0.4) is 0 Å². The Balaban J connectivity index is 0.00000344. The Hall–Kier alpha value is -6.12. The average Bonchev–Trinajstić information content (AvgIpc) is 3.60. The van der Waals surface area contributed by atoms with E-state index in [0.29, 0.717) is 31.2 Å². The third-order valence-corrected chi connectivity index (χ3v) is 15.6. The van der Waals surface area contributed by atoms with Gasteiger partial charge in [0.2, 0.25) is 0 Å². The summed E-state index contributed by atoms with van der Waals surface area (Å²) in [6, 6.07) is 69.4. The second-order valence-corrected chi connectivity index (χ2v) is 21.7. The van der Waals surface area contributed by atoms with E-state index in [1.165, 1.54) is 89.0 Å². The van der Waals surface area contributed by atoms with E-state index < -0.39 is 0 Å². The van der Waals surface area contributed by atoms with E-state index in [1.807, 2.05) is 12.1 Å². The third kappa shape index (κ3) is 13.1. The molecular weight excluding hydrogens is 1300 g/mol. The van der Waals surface area contributed by atoms with E-state index >= 15 is 8.78 Å². The van der Waals surface area contributed by atoms with Gasteiger partial charge in [0.25, 0.3) is 0 Å². The zero-order chi connectivity index (χ0) is 51.5. The summed E-state index contributed by atoms with van der Waals surface area (Å²) in [4.78, 5) is 0. The van der Waals surface area contributed by atoms with Crippen LogP contribution in [-0.2, 0) is 103 Å². The molecule has 0 unspecified atom stereocenters. The Morgan fingerprint density at radius 1 is 0.333 bits per heavy atom. The molecule has 2 heterocycles. The van der Waals surface area contributed by atoms with Crippen molar-refractivity contribution >= 4 is 21.5 Å². The zero-order valence-electron chi connectivity index (χ0n) is 44.3. The van der Waals surface area contributed by atoms with Crippen molar-refractivity contribution in [3.8, 4) is 11.1 Å². The number of hydrogen-bond donors (Lipinski definition) is 0. The van der Waals surface area contributed by atoms with Crippen LogP contribution in [0.2, 0.25) is 0 Å². The van der Waals surface area contributed by atoms with Crippen molar-refractivity contribution in [3.63, 3.8) is 0 Å². The fourth-order valence-electron chi connectivity index (χ4n) is 11.2. The molecule has 2 nitrogen and oxygen atoms in total. The Labute approximate surface area is 487 Å². The van der Waals surface area contributed by atoms with Gasteiger partial charge in [-0.1, -0.05) is 231 Å². The average molecular weight is 1360 g/mol. The summed E-state index contributed by atoms with van der Waals surface area (Å²) in [6.07, 6.45) is 5.94. The largest absolute Gasteiger partial charge is 0.444 e. The summed E-state index contributed by atoms with van der Waals surface area (Å²) in [6.45, 7) is 7.40. The second kappa shape index (κ2) is 24.9. The molecule has 78 heavy (non-hydrogen) atoms. The molecule has 0 atom stereocenters. The van der Waals surface area contributed by atoms with Crippen molar-refractivity contribution in [2.75, 3.05) is 26.4 Å². The maximum atomic E-state index is 15.6. The van der Waals surface area contributed by atoms with Gasteiger partial charge in [-0.25, -0.2) is 8.78 Å². The molecular formula is C72H62F2O2W2-2. The molecule has 0 aromatic heterocycles. The smallest absolute Gasteiger partial charge is 0.127 e. The number of hydrogen-bond acceptors (Lipinski definition) is 2. The molecule has 2 saturated heterocycles. The second-order valence-electron chi connectivity index (χ2n) is 21.7. The monoisotopic (exact) mass is 1360 g/mol. The Morgan fingerprint density at radius 2 is 0.705 bits per heavy atom. The van der Waals surface area contributed by atoms with E-state index in [4.69, 9.17) is 9.47 Å². The van der Waals surface area contributed by atoms with Crippen LogP contribution >= 0.6 is 0 Å². The van der Waals surface area contributed by atoms with Crippen LogP contribution in [0.25, 0.3) is 32.7 Å². The summed E-state index contributed by atoms with van der Waals surface area (Å²) >= 11 is 0. The molecule has 10 aromatic carbocycles. The van der Waals surface area contributed by atoms with E-state index in [9.17, 15) is 0 Å². The minimum atomic E-state index is -0.153. The van der Waals surface area contributed by atoms with E-state index in [1.54, 1.807) is 12.1 Å². The van der Waals surface area contributed by atoms with Gasteiger partial charge < -0.3 is 9.47 Å². The van der Waals surface area contributed by atoms with Gasteiger partial charge in [-0.3, -0.25) is 11.8 Å². The molecule has 2 aliphatic rings. The van der Waals surface area contributed by atoms with Crippen LogP contribution in [0.15, 0.2) is 194 Å². The molecule has 0 N–H and O–H groups in total. The topological polar surface area (TPSA) is 18.5 Å². The van der Waals surface area contributed by atoms with Gasteiger partial charge in [0.05, 0.1) is 0 Å². The van der Waals surface area contributed by atoms with E-state index in [0.717, 1.165) is 91.1 Å². The quantitative estimate of drug-likeness (QED) is 0.0846. The van der Waals surface area contributed by atoms with Gasteiger partial charge in [0.15, 0.2) is 0 Å². The Kier molecular flexibility index (Phi) is 17.6. The van der Waals surface area contributed by atoms with E-state index in [2.05, 4.69) is 184 Å². The summed E-state index contributed by atoms with van der Waals surface area (Å²) in [5, 5.41) is 4.95. The fourth-order valence-corrected chi connectivity index (χ4v) is 11.2.